The molecule has 98 valence electrons. The zero-order valence-electron chi connectivity index (χ0n) is 10.3. The Morgan fingerprint density at radius 2 is 2.11 bits per heavy atom. The Hall–Kier alpha value is -1.66. The van der Waals surface area contributed by atoms with E-state index in [1.165, 1.54) is 23.7 Å². The lowest BCUT2D eigenvalue weighted by Gasteiger charge is -2.12. The van der Waals surface area contributed by atoms with Crippen LogP contribution < -0.4 is 5.32 Å². The average molecular weight is 292 g/mol. The number of carbonyl (C=O) groups is 2. The van der Waals surface area contributed by atoms with Crippen molar-refractivity contribution in [3.05, 3.63) is 40.8 Å². The molecule has 0 atom stereocenters. The molecule has 1 aliphatic rings. The van der Waals surface area contributed by atoms with Gasteiger partial charge in [-0.2, -0.15) is 0 Å². The first-order chi connectivity index (χ1) is 9.11. The monoisotopic (exact) mass is 292 g/mol. The molecule has 1 fully saturated rings. The van der Waals surface area contributed by atoms with E-state index < -0.39 is 0 Å². The van der Waals surface area contributed by atoms with E-state index in [4.69, 9.17) is 12.2 Å². The second-order valence-electron chi connectivity index (χ2n) is 3.85. The molecule has 0 spiro atoms. The maximum atomic E-state index is 12.1. The zero-order chi connectivity index (χ0) is 13.8. The molecule has 19 heavy (non-hydrogen) atoms. The Morgan fingerprint density at radius 1 is 1.42 bits per heavy atom. The van der Waals surface area contributed by atoms with Crippen molar-refractivity contribution in [3.63, 3.8) is 0 Å². The van der Waals surface area contributed by atoms with Crippen LogP contribution >= 0.6 is 24.0 Å². The summed E-state index contributed by atoms with van der Waals surface area (Å²) < 4.78 is 0.413. The third-order valence-electron chi connectivity index (χ3n) is 2.55. The quantitative estimate of drug-likeness (QED) is 0.679. The molecule has 0 unspecified atom stereocenters. The summed E-state index contributed by atoms with van der Waals surface area (Å²) in [6.07, 6.45) is 1.78. The first-order valence-electron chi connectivity index (χ1n) is 5.63. The van der Waals surface area contributed by atoms with E-state index >= 15 is 0 Å². The summed E-state index contributed by atoms with van der Waals surface area (Å²) in [5, 5.41) is 2.48. The topological polar surface area (TPSA) is 49.4 Å². The highest BCUT2D eigenvalue weighted by Crippen LogP contribution is 2.32. The fraction of sp³-hybridized carbons (Fsp3) is 0.154. The highest BCUT2D eigenvalue weighted by molar-refractivity contribution is 8.26. The van der Waals surface area contributed by atoms with Gasteiger partial charge < -0.3 is 5.32 Å². The van der Waals surface area contributed by atoms with Crippen LogP contribution in [0, 0.1) is 0 Å². The Morgan fingerprint density at radius 3 is 2.74 bits per heavy atom. The minimum atomic E-state index is -0.239. The van der Waals surface area contributed by atoms with Crippen LogP contribution in [-0.2, 0) is 9.59 Å². The van der Waals surface area contributed by atoms with E-state index in [1.807, 2.05) is 30.3 Å². The maximum Gasteiger partial charge on any atom is 0.266 e. The minimum Gasteiger partial charge on any atom is -0.358 e. The zero-order valence-corrected chi connectivity index (χ0v) is 11.9. The number of thiocarbonyl (C=S) groups is 1. The molecular weight excluding hydrogens is 280 g/mol. The lowest BCUT2D eigenvalue weighted by Crippen LogP contribution is -2.38. The molecule has 1 heterocycles. The van der Waals surface area contributed by atoms with Gasteiger partial charge in [0.2, 0.25) is 5.91 Å². The number of likely N-dealkylation sites (N-methyl/N-ethyl adjacent to an activating group) is 1. The number of hydrogen-bond donors (Lipinski definition) is 1. The predicted octanol–water partition coefficient (Wildman–Crippen LogP) is 1.63. The number of nitrogens with one attached hydrogen (secondary N) is 1. The summed E-state index contributed by atoms with van der Waals surface area (Å²) in [4.78, 5) is 25.3. The highest BCUT2D eigenvalue weighted by atomic mass is 32.2. The van der Waals surface area contributed by atoms with E-state index in [-0.39, 0.29) is 18.4 Å². The molecule has 1 aliphatic heterocycles. The van der Waals surface area contributed by atoms with Crippen LogP contribution in [0.25, 0.3) is 6.08 Å². The van der Waals surface area contributed by atoms with Gasteiger partial charge in [-0.1, -0.05) is 54.3 Å². The van der Waals surface area contributed by atoms with Gasteiger partial charge in [0.25, 0.3) is 5.91 Å². The predicted molar refractivity (Wildman–Crippen MR) is 80.4 cm³/mol. The highest BCUT2D eigenvalue weighted by Gasteiger charge is 2.33. The molecule has 4 nitrogen and oxygen atoms in total. The number of amides is 2. The molecule has 1 aromatic rings. The van der Waals surface area contributed by atoms with Crippen LogP contribution in [-0.4, -0.2) is 34.6 Å². The fourth-order valence-corrected chi connectivity index (χ4v) is 2.81. The van der Waals surface area contributed by atoms with Crippen LogP contribution in [0.2, 0.25) is 0 Å². The van der Waals surface area contributed by atoms with Crippen molar-refractivity contribution < 1.29 is 9.59 Å². The van der Waals surface area contributed by atoms with Crippen LogP contribution in [0.1, 0.15) is 5.56 Å². The van der Waals surface area contributed by atoms with Gasteiger partial charge in [0.1, 0.15) is 10.9 Å². The first-order valence-corrected chi connectivity index (χ1v) is 6.85. The molecule has 1 saturated heterocycles. The Labute approximate surface area is 120 Å². The molecule has 1 aromatic carbocycles. The van der Waals surface area contributed by atoms with Gasteiger partial charge in [0.05, 0.1) is 4.91 Å². The van der Waals surface area contributed by atoms with Crippen LogP contribution in [0.4, 0.5) is 0 Å². The third kappa shape index (κ3) is 3.21. The molecular formula is C13H12N2O2S2. The third-order valence-corrected chi connectivity index (χ3v) is 3.93. The van der Waals surface area contributed by atoms with Crippen molar-refractivity contribution in [1.29, 1.82) is 0 Å². The number of carbonyl (C=O) groups excluding carboxylic acids is 2. The summed E-state index contributed by atoms with van der Waals surface area (Å²) in [5.41, 5.74) is 0.933. The van der Waals surface area contributed by atoms with Gasteiger partial charge >= 0.3 is 0 Å². The molecule has 2 rings (SSSR count). The number of hydrogen-bond acceptors (Lipinski definition) is 4. The molecule has 0 bridgehead atoms. The van der Waals surface area contributed by atoms with Crippen LogP contribution in [0.5, 0.6) is 0 Å². The van der Waals surface area contributed by atoms with Gasteiger partial charge in [0, 0.05) is 7.05 Å². The van der Waals surface area contributed by atoms with Gasteiger partial charge in [-0.15, -0.1) is 0 Å². The van der Waals surface area contributed by atoms with Crippen molar-refractivity contribution in [2.75, 3.05) is 13.6 Å². The van der Waals surface area contributed by atoms with Crippen molar-refractivity contribution in [1.82, 2.24) is 10.2 Å². The summed E-state index contributed by atoms with van der Waals surface area (Å²) >= 11 is 6.34. The Bertz CT molecular complexity index is 555. The summed E-state index contributed by atoms with van der Waals surface area (Å²) in [7, 11) is 1.53. The number of benzene rings is 1. The van der Waals surface area contributed by atoms with Gasteiger partial charge in [-0.25, -0.2) is 0 Å². The normalized spacial score (nSPS) is 17.1. The average Bonchev–Trinajstić information content (AvgIpc) is 2.67. The first kappa shape index (κ1) is 13.8. The van der Waals surface area contributed by atoms with Crippen molar-refractivity contribution in [3.8, 4) is 0 Å². The van der Waals surface area contributed by atoms with E-state index in [0.717, 1.165) is 5.56 Å². The van der Waals surface area contributed by atoms with Crippen LogP contribution in [0.3, 0.4) is 0 Å². The SMILES string of the molecule is CNC(=O)CN1C(=O)/C(=C/c2ccccc2)SC1=S. The maximum absolute atomic E-state index is 12.1. The van der Waals surface area contributed by atoms with Crippen molar-refractivity contribution in [2.45, 2.75) is 0 Å². The van der Waals surface area contributed by atoms with E-state index in [9.17, 15) is 9.59 Å². The molecule has 0 aromatic heterocycles. The Kier molecular flexibility index (Phi) is 4.34. The lowest BCUT2D eigenvalue weighted by atomic mass is 10.2. The molecule has 6 heteroatoms. The van der Waals surface area contributed by atoms with E-state index in [0.29, 0.717) is 9.23 Å². The molecule has 0 radical (unpaired) electrons. The minimum absolute atomic E-state index is 0.0344. The van der Waals surface area contributed by atoms with Gasteiger partial charge in [-0.3, -0.25) is 14.5 Å². The number of thioether (sulfide) groups is 1. The lowest BCUT2D eigenvalue weighted by molar-refractivity contribution is -0.128. The standard InChI is InChI=1S/C13H12N2O2S2/c1-14-11(16)8-15-12(17)10(19-13(15)18)7-9-5-3-2-4-6-9/h2-7H,8H2,1H3,(H,14,16)/b10-7-. The van der Waals surface area contributed by atoms with Crippen molar-refractivity contribution in [2.24, 2.45) is 0 Å². The van der Waals surface area contributed by atoms with Crippen LogP contribution in [0.15, 0.2) is 35.2 Å². The number of nitrogens with zero attached hydrogens (tertiary/aromatic N) is 1. The Balaban J connectivity index is 2.18. The summed E-state index contributed by atoms with van der Waals surface area (Å²) in [5.74, 6) is -0.459. The second kappa shape index (κ2) is 5.99. The largest absolute Gasteiger partial charge is 0.358 e. The van der Waals surface area contributed by atoms with E-state index in [2.05, 4.69) is 5.32 Å². The van der Waals surface area contributed by atoms with E-state index in [1.54, 1.807) is 6.08 Å². The summed E-state index contributed by atoms with van der Waals surface area (Å²) in [6, 6.07) is 9.53. The van der Waals surface area contributed by atoms with Gasteiger partial charge in [0.15, 0.2) is 0 Å². The summed E-state index contributed by atoms with van der Waals surface area (Å²) in [6.45, 7) is -0.0344. The molecule has 0 aliphatic carbocycles. The van der Waals surface area contributed by atoms with Crippen molar-refractivity contribution >= 4 is 46.2 Å². The molecule has 2 amide bonds. The fourth-order valence-electron chi connectivity index (χ4n) is 1.56. The smallest absolute Gasteiger partial charge is 0.266 e. The molecule has 1 N–H and O–H groups in total. The van der Waals surface area contributed by atoms with Gasteiger partial charge in [-0.05, 0) is 11.6 Å². The second-order valence-corrected chi connectivity index (χ2v) is 5.53. The molecule has 0 saturated carbocycles. The number of rotatable bonds is 3.